The lowest BCUT2D eigenvalue weighted by atomic mass is 10.0. The molecular weight excluding hydrogens is 384 g/mol. The Labute approximate surface area is 183 Å². The van der Waals surface area contributed by atoms with Crippen LogP contribution in [0.25, 0.3) is 0 Å². The van der Waals surface area contributed by atoms with Gasteiger partial charge in [-0.2, -0.15) is 5.48 Å². The van der Waals surface area contributed by atoms with Crippen LogP contribution in [0, 0.1) is 0 Å². The molecule has 0 aliphatic rings. The van der Waals surface area contributed by atoms with Gasteiger partial charge >= 0.3 is 5.97 Å². The molecule has 0 bridgehead atoms. The summed E-state index contributed by atoms with van der Waals surface area (Å²) < 4.78 is 0. The first-order valence-corrected chi connectivity index (χ1v) is 12.1. The molecule has 0 spiro atoms. The second-order valence-electron chi connectivity index (χ2n) is 8.15. The van der Waals surface area contributed by atoms with E-state index < -0.39 is 5.97 Å². The number of rotatable bonds is 23. The van der Waals surface area contributed by atoms with Gasteiger partial charge in [-0.25, -0.2) is 4.89 Å². The van der Waals surface area contributed by atoms with Gasteiger partial charge in [0.05, 0.1) is 6.61 Å². The van der Waals surface area contributed by atoms with Crippen molar-refractivity contribution in [3.63, 3.8) is 0 Å². The summed E-state index contributed by atoms with van der Waals surface area (Å²) in [6.45, 7) is 4.76. The van der Waals surface area contributed by atoms with Crippen LogP contribution in [0.3, 0.4) is 0 Å². The van der Waals surface area contributed by atoms with E-state index >= 15 is 0 Å². The predicted octanol–water partition coefficient (Wildman–Crippen LogP) is 5.29. The van der Waals surface area contributed by atoms with Gasteiger partial charge < -0.3 is 10.4 Å². The molecule has 0 aliphatic carbocycles. The quantitative estimate of drug-likeness (QED) is 0.116. The zero-order valence-electron chi connectivity index (χ0n) is 19.4. The molecule has 0 aromatic heterocycles. The number of hydrogen-bond acceptors (Lipinski definition) is 5. The topological polar surface area (TPSA) is 96.9 Å². The fraction of sp³-hybridized carbons (Fsp3) is 0.913. The molecule has 7 nitrogen and oxygen atoms in total. The summed E-state index contributed by atoms with van der Waals surface area (Å²) in [5.74, 6) is -0.578. The van der Waals surface area contributed by atoms with Crippen LogP contribution in [0.2, 0.25) is 0 Å². The molecule has 3 N–H and O–H groups in total. The molecule has 0 saturated carbocycles. The monoisotopic (exact) mass is 430 g/mol. The van der Waals surface area contributed by atoms with E-state index in [0.717, 1.165) is 25.7 Å². The predicted molar refractivity (Wildman–Crippen MR) is 120 cm³/mol. The van der Waals surface area contributed by atoms with Gasteiger partial charge in [0.25, 0.3) is 0 Å². The molecule has 0 heterocycles. The molecule has 7 heteroatoms. The van der Waals surface area contributed by atoms with Crippen LogP contribution in [0.1, 0.15) is 117 Å². The molecule has 1 unspecified atom stereocenters. The average Bonchev–Trinajstić information content (AvgIpc) is 2.70. The second kappa shape index (κ2) is 22.5. The van der Waals surface area contributed by atoms with Crippen LogP contribution >= 0.6 is 0 Å². The zero-order valence-corrected chi connectivity index (χ0v) is 19.4. The molecule has 0 fully saturated rings. The lowest BCUT2D eigenvalue weighted by Crippen LogP contribution is -2.39. The minimum atomic E-state index is -0.677. The molecule has 0 saturated heterocycles. The summed E-state index contributed by atoms with van der Waals surface area (Å²) in [6.07, 6.45) is 17.6. The van der Waals surface area contributed by atoms with Crippen LogP contribution in [-0.2, 0) is 19.5 Å². The van der Waals surface area contributed by atoms with E-state index in [4.69, 9.17) is 15.0 Å². The summed E-state index contributed by atoms with van der Waals surface area (Å²) >= 11 is 0. The lowest BCUT2D eigenvalue weighted by Gasteiger charge is -2.13. The van der Waals surface area contributed by atoms with Gasteiger partial charge in [-0.3, -0.25) is 9.59 Å². The molecule has 0 aromatic carbocycles. The largest absolute Gasteiger partial charge is 0.481 e. The average molecular weight is 431 g/mol. The van der Waals surface area contributed by atoms with E-state index in [1.54, 1.807) is 0 Å². The van der Waals surface area contributed by atoms with Crippen molar-refractivity contribution in [2.75, 3.05) is 13.2 Å². The maximum absolute atomic E-state index is 11.9. The van der Waals surface area contributed by atoms with Crippen LogP contribution in [0.5, 0.6) is 0 Å². The van der Waals surface area contributed by atoms with E-state index in [2.05, 4.69) is 10.8 Å². The molecular formula is C23H46N2O5. The normalized spacial score (nSPS) is 12.1. The van der Waals surface area contributed by atoms with E-state index in [0.29, 0.717) is 26.0 Å². The van der Waals surface area contributed by atoms with Crippen molar-refractivity contribution in [1.29, 1.82) is 0 Å². The number of nitrogens with one attached hydrogen (secondary N) is 2. The second-order valence-corrected chi connectivity index (χ2v) is 8.15. The van der Waals surface area contributed by atoms with Crippen LogP contribution in [-0.4, -0.2) is 36.2 Å². The van der Waals surface area contributed by atoms with Crippen LogP contribution in [0.15, 0.2) is 0 Å². The van der Waals surface area contributed by atoms with Gasteiger partial charge in [-0.1, -0.05) is 77.0 Å². The third kappa shape index (κ3) is 23.1. The van der Waals surface area contributed by atoms with Gasteiger partial charge in [0.1, 0.15) is 0 Å². The number of carbonyl (C=O) groups excluding carboxylic acids is 1. The van der Waals surface area contributed by atoms with Gasteiger partial charge in [0.2, 0.25) is 5.91 Å². The van der Waals surface area contributed by atoms with E-state index in [1.807, 2.05) is 13.8 Å². The van der Waals surface area contributed by atoms with Crippen molar-refractivity contribution >= 4 is 11.9 Å². The number of amides is 1. The lowest BCUT2D eigenvalue weighted by molar-refractivity contribution is -0.333. The highest BCUT2D eigenvalue weighted by atomic mass is 17.3. The Balaban J connectivity index is 3.23. The summed E-state index contributed by atoms with van der Waals surface area (Å²) in [4.78, 5) is 31.7. The number of hydrogen-bond donors (Lipinski definition) is 3. The van der Waals surface area contributed by atoms with E-state index in [9.17, 15) is 9.59 Å². The van der Waals surface area contributed by atoms with Crippen LogP contribution in [0.4, 0.5) is 0 Å². The number of carboxylic acid groups (broad SMARTS) is 1. The minimum Gasteiger partial charge on any atom is -0.481 e. The SMILES string of the molecule is CCOONCC(C)NC(=O)CCCCCCCCCCCCCCCCC(=O)O. The number of hydroxylamine groups is 1. The minimum absolute atomic E-state index is 0.00916. The van der Waals surface area contributed by atoms with Gasteiger partial charge in [-0.15, -0.1) is 4.99 Å². The first-order chi connectivity index (χ1) is 14.6. The first kappa shape index (κ1) is 28.8. The molecule has 0 aliphatic heterocycles. The maximum atomic E-state index is 11.9. The van der Waals surface area contributed by atoms with Crippen molar-refractivity contribution in [3.8, 4) is 0 Å². The Hall–Kier alpha value is -1.18. The van der Waals surface area contributed by atoms with Gasteiger partial charge in [-0.05, 0) is 26.7 Å². The number of carboxylic acids is 1. The highest BCUT2D eigenvalue weighted by Crippen LogP contribution is 2.13. The fourth-order valence-electron chi connectivity index (χ4n) is 3.34. The van der Waals surface area contributed by atoms with Crippen molar-refractivity contribution in [3.05, 3.63) is 0 Å². The number of aliphatic carboxylic acids is 1. The Morgan fingerprint density at radius 1 is 0.767 bits per heavy atom. The molecule has 0 radical (unpaired) electrons. The summed E-state index contributed by atoms with van der Waals surface area (Å²) in [6, 6.07) is 0.00916. The molecule has 1 atom stereocenters. The summed E-state index contributed by atoms with van der Waals surface area (Å²) in [5.41, 5.74) is 2.66. The Bertz CT molecular complexity index is 407. The van der Waals surface area contributed by atoms with Crippen molar-refractivity contribution in [1.82, 2.24) is 10.8 Å². The standard InChI is InChI=1S/C23H46N2O5/c1-3-29-30-24-20-21(2)25-22(26)18-16-14-12-10-8-6-4-5-7-9-11-13-15-17-19-23(27)28/h21,24H,3-20H2,1-2H3,(H,25,26)(H,27,28). The Morgan fingerprint density at radius 3 is 1.63 bits per heavy atom. The Morgan fingerprint density at radius 2 is 1.20 bits per heavy atom. The third-order valence-electron chi connectivity index (χ3n) is 5.08. The molecule has 0 aromatic rings. The van der Waals surface area contributed by atoms with Crippen molar-refractivity contribution < 1.29 is 24.6 Å². The summed E-state index contributed by atoms with van der Waals surface area (Å²) in [5, 5.41) is 11.5. The summed E-state index contributed by atoms with van der Waals surface area (Å²) in [7, 11) is 0. The smallest absolute Gasteiger partial charge is 0.303 e. The highest BCUT2D eigenvalue weighted by molar-refractivity contribution is 5.76. The third-order valence-corrected chi connectivity index (χ3v) is 5.08. The van der Waals surface area contributed by atoms with Crippen LogP contribution < -0.4 is 10.8 Å². The molecule has 1 amide bonds. The Kier molecular flexibility index (Phi) is 21.6. The van der Waals surface area contributed by atoms with Gasteiger partial charge in [0, 0.05) is 25.4 Å². The van der Waals surface area contributed by atoms with Crippen molar-refractivity contribution in [2.45, 2.75) is 123 Å². The molecule has 30 heavy (non-hydrogen) atoms. The number of unbranched alkanes of at least 4 members (excludes halogenated alkanes) is 13. The van der Waals surface area contributed by atoms with Crippen molar-refractivity contribution in [2.24, 2.45) is 0 Å². The number of carbonyl (C=O) groups is 2. The molecule has 0 rings (SSSR count). The zero-order chi connectivity index (χ0) is 22.3. The first-order valence-electron chi connectivity index (χ1n) is 12.1. The fourth-order valence-corrected chi connectivity index (χ4v) is 3.34. The van der Waals surface area contributed by atoms with E-state index in [1.165, 1.54) is 64.2 Å². The highest BCUT2D eigenvalue weighted by Gasteiger charge is 2.07. The maximum Gasteiger partial charge on any atom is 0.303 e. The van der Waals surface area contributed by atoms with E-state index in [-0.39, 0.29) is 11.9 Å². The van der Waals surface area contributed by atoms with Gasteiger partial charge in [0.15, 0.2) is 0 Å². The molecule has 178 valence electrons.